The number of nitrogen functional groups attached to an aromatic ring is 1. The van der Waals surface area contributed by atoms with Crippen LogP contribution in [0.1, 0.15) is 25.5 Å². The first-order valence-corrected chi connectivity index (χ1v) is 5.13. The van der Waals surface area contributed by atoms with Crippen molar-refractivity contribution in [3.8, 4) is 0 Å². The van der Waals surface area contributed by atoms with Gasteiger partial charge >= 0.3 is 0 Å². The van der Waals surface area contributed by atoms with Crippen molar-refractivity contribution in [2.24, 2.45) is 0 Å². The summed E-state index contributed by atoms with van der Waals surface area (Å²) in [4.78, 5) is 0. The van der Waals surface area contributed by atoms with E-state index in [0.29, 0.717) is 6.04 Å². The Morgan fingerprint density at radius 1 is 1.40 bits per heavy atom. The zero-order chi connectivity index (χ0) is 11.0. The first-order chi connectivity index (χ1) is 7.13. The highest BCUT2D eigenvalue weighted by molar-refractivity contribution is 5.86. The number of benzene rings is 1. The zero-order valence-corrected chi connectivity index (χ0v) is 9.07. The van der Waals surface area contributed by atoms with Crippen LogP contribution in [0.2, 0.25) is 0 Å². The number of aromatic nitrogens is 1. The summed E-state index contributed by atoms with van der Waals surface area (Å²) >= 11 is 0. The van der Waals surface area contributed by atoms with Crippen LogP contribution in [0.3, 0.4) is 0 Å². The summed E-state index contributed by atoms with van der Waals surface area (Å²) in [6, 6.07) is 6.20. The lowest BCUT2D eigenvalue weighted by atomic mass is 10.1. The average Bonchev–Trinajstić information content (AvgIpc) is 2.55. The molecule has 1 heterocycles. The zero-order valence-electron chi connectivity index (χ0n) is 9.07. The van der Waals surface area contributed by atoms with Crippen LogP contribution in [0.15, 0.2) is 24.4 Å². The van der Waals surface area contributed by atoms with Crippen LogP contribution in [0.4, 0.5) is 5.69 Å². The highest BCUT2D eigenvalue weighted by Gasteiger charge is 2.09. The van der Waals surface area contributed by atoms with Crippen molar-refractivity contribution in [3.63, 3.8) is 0 Å². The summed E-state index contributed by atoms with van der Waals surface area (Å²) in [5.74, 6) is 0. The molecular weight excluding hydrogens is 188 g/mol. The van der Waals surface area contributed by atoms with Gasteiger partial charge in [-0.1, -0.05) is 0 Å². The third kappa shape index (κ3) is 1.59. The number of aliphatic hydroxyl groups is 1. The van der Waals surface area contributed by atoms with E-state index in [0.717, 1.165) is 22.2 Å². The Morgan fingerprint density at radius 3 is 2.73 bits per heavy atom. The number of aliphatic hydroxyl groups excluding tert-OH is 1. The molecule has 2 aromatic rings. The predicted molar refractivity (Wildman–Crippen MR) is 62.7 cm³/mol. The van der Waals surface area contributed by atoms with Gasteiger partial charge in [0.25, 0.3) is 0 Å². The Hall–Kier alpha value is -1.48. The Kier molecular flexibility index (Phi) is 2.40. The van der Waals surface area contributed by atoms with Gasteiger partial charge in [-0.3, -0.25) is 0 Å². The summed E-state index contributed by atoms with van der Waals surface area (Å²) < 4.78 is 2.15. The molecule has 0 saturated heterocycles. The highest BCUT2D eigenvalue weighted by Crippen LogP contribution is 2.26. The molecule has 0 atom stereocenters. The molecule has 0 radical (unpaired) electrons. The van der Waals surface area contributed by atoms with E-state index in [-0.39, 0.29) is 6.61 Å². The monoisotopic (exact) mass is 204 g/mol. The van der Waals surface area contributed by atoms with Crippen molar-refractivity contribution in [3.05, 3.63) is 30.0 Å². The molecule has 15 heavy (non-hydrogen) atoms. The number of hydrogen-bond acceptors (Lipinski definition) is 2. The topological polar surface area (TPSA) is 51.2 Å². The lowest BCUT2D eigenvalue weighted by Crippen LogP contribution is -1.98. The van der Waals surface area contributed by atoms with Crippen molar-refractivity contribution >= 4 is 16.6 Å². The fourth-order valence-corrected chi connectivity index (χ4v) is 1.90. The highest BCUT2D eigenvalue weighted by atomic mass is 16.3. The summed E-state index contributed by atoms with van der Waals surface area (Å²) in [5.41, 5.74) is 8.54. The Morgan fingerprint density at radius 2 is 2.13 bits per heavy atom. The maximum Gasteiger partial charge on any atom is 0.0702 e. The van der Waals surface area contributed by atoms with E-state index < -0.39 is 0 Å². The summed E-state index contributed by atoms with van der Waals surface area (Å²) in [7, 11) is 0. The van der Waals surface area contributed by atoms with Crippen LogP contribution in [0.5, 0.6) is 0 Å². The molecule has 0 aliphatic carbocycles. The van der Waals surface area contributed by atoms with Crippen molar-refractivity contribution in [1.82, 2.24) is 4.57 Å². The molecule has 0 bridgehead atoms. The Labute approximate surface area is 89.1 Å². The largest absolute Gasteiger partial charge is 0.399 e. The number of rotatable bonds is 2. The van der Waals surface area contributed by atoms with Crippen molar-refractivity contribution in [1.29, 1.82) is 0 Å². The van der Waals surface area contributed by atoms with Gasteiger partial charge < -0.3 is 15.4 Å². The van der Waals surface area contributed by atoms with Gasteiger partial charge in [-0.2, -0.15) is 0 Å². The van der Waals surface area contributed by atoms with Crippen LogP contribution in [0, 0.1) is 0 Å². The summed E-state index contributed by atoms with van der Waals surface area (Å²) in [6.45, 7) is 4.30. The maximum atomic E-state index is 9.27. The fourth-order valence-electron chi connectivity index (χ4n) is 1.90. The molecule has 1 aromatic heterocycles. The molecule has 0 spiro atoms. The van der Waals surface area contributed by atoms with E-state index >= 15 is 0 Å². The minimum atomic E-state index is 0.0552. The van der Waals surface area contributed by atoms with Gasteiger partial charge in [-0.25, -0.2) is 0 Å². The number of hydrogen-bond donors (Lipinski definition) is 2. The van der Waals surface area contributed by atoms with Gasteiger partial charge in [0.15, 0.2) is 0 Å². The number of nitrogens with two attached hydrogens (primary N) is 1. The molecule has 0 amide bonds. The fraction of sp³-hybridized carbons (Fsp3) is 0.333. The molecule has 3 heteroatoms. The van der Waals surface area contributed by atoms with Gasteiger partial charge in [0.05, 0.1) is 6.61 Å². The van der Waals surface area contributed by atoms with Gasteiger partial charge in [-0.05, 0) is 32.0 Å². The lowest BCUT2D eigenvalue weighted by Gasteiger charge is -2.08. The maximum absolute atomic E-state index is 9.27. The molecule has 2 rings (SSSR count). The normalized spacial score (nSPS) is 11.5. The van der Waals surface area contributed by atoms with Crippen molar-refractivity contribution in [2.75, 3.05) is 5.73 Å². The second kappa shape index (κ2) is 3.59. The third-order valence-corrected chi connectivity index (χ3v) is 2.67. The van der Waals surface area contributed by atoms with Crippen molar-refractivity contribution in [2.45, 2.75) is 26.5 Å². The van der Waals surface area contributed by atoms with E-state index in [4.69, 9.17) is 5.73 Å². The van der Waals surface area contributed by atoms with E-state index in [1.54, 1.807) is 0 Å². The molecule has 0 aliphatic rings. The average molecular weight is 204 g/mol. The van der Waals surface area contributed by atoms with E-state index in [1.165, 1.54) is 0 Å². The molecule has 0 saturated carbocycles. The second-order valence-corrected chi connectivity index (χ2v) is 4.09. The third-order valence-electron chi connectivity index (χ3n) is 2.67. The number of anilines is 1. The van der Waals surface area contributed by atoms with Gasteiger partial charge in [0.2, 0.25) is 0 Å². The summed E-state index contributed by atoms with van der Waals surface area (Å²) in [6.07, 6.45) is 1.99. The first kappa shape index (κ1) is 10.1. The Balaban J connectivity index is 2.75. The molecule has 0 aliphatic heterocycles. The molecule has 1 aromatic carbocycles. The number of fused-ring (bicyclic) bond motifs is 1. The van der Waals surface area contributed by atoms with Gasteiger partial charge in [-0.15, -0.1) is 0 Å². The Bertz CT molecular complexity index is 486. The van der Waals surface area contributed by atoms with E-state index in [1.807, 2.05) is 24.4 Å². The molecule has 0 unspecified atom stereocenters. The lowest BCUT2D eigenvalue weighted by molar-refractivity contribution is 0.283. The number of nitrogens with zero attached hydrogens (tertiary/aromatic N) is 1. The quantitative estimate of drug-likeness (QED) is 0.737. The SMILES string of the molecule is CC(C)n1cc(CO)c2cc(N)ccc21. The van der Waals surface area contributed by atoms with Crippen LogP contribution >= 0.6 is 0 Å². The van der Waals surface area contributed by atoms with E-state index in [2.05, 4.69) is 18.4 Å². The van der Waals surface area contributed by atoms with Crippen LogP contribution in [-0.2, 0) is 6.61 Å². The van der Waals surface area contributed by atoms with Gasteiger partial charge in [0, 0.05) is 34.4 Å². The van der Waals surface area contributed by atoms with E-state index in [9.17, 15) is 5.11 Å². The summed E-state index contributed by atoms with van der Waals surface area (Å²) in [5, 5.41) is 10.3. The first-order valence-electron chi connectivity index (χ1n) is 5.13. The standard InChI is InChI=1S/C12H16N2O/c1-8(2)14-6-9(7-15)11-5-10(13)3-4-12(11)14/h3-6,8,15H,7,13H2,1-2H3. The van der Waals surface area contributed by atoms with Crippen LogP contribution in [-0.4, -0.2) is 9.67 Å². The van der Waals surface area contributed by atoms with Crippen LogP contribution < -0.4 is 5.73 Å². The molecule has 80 valence electrons. The minimum Gasteiger partial charge on any atom is -0.399 e. The molecule has 3 N–H and O–H groups in total. The molecule has 3 nitrogen and oxygen atoms in total. The predicted octanol–water partition coefficient (Wildman–Crippen LogP) is 2.30. The minimum absolute atomic E-state index is 0.0552. The van der Waals surface area contributed by atoms with Crippen LogP contribution in [0.25, 0.3) is 10.9 Å². The molecule has 0 fully saturated rings. The van der Waals surface area contributed by atoms with Crippen molar-refractivity contribution < 1.29 is 5.11 Å². The second-order valence-electron chi connectivity index (χ2n) is 4.09. The smallest absolute Gasteiger partial charge is 0.0702 e. The molecular formula is C12H16N2O. The van der Waals surface area contributed by atoms with Gasteiger partial charge in [0.1, 0.15) is 0 Å².